The number of phenols is 6. The Bertz CT molecular complexity index is 1050. The Kier molecular flexibility index (Phi) is 4.86. The Morgan fingerprint density at radius 3 is 2.07 bits per heavy atom. The van der Waals surface area contributed by atoms with E-state index in [1.165, 1.54) is 0 Å². The summed E-state index contributed by atoms with van der Waals surface area (Å²) in [6.45, 7) is 0.147. The fourth-order valence-electron chi connectivity index (χ4n) is 2.74. The predicted octanol–water partition coefficient (Wildman–Crippen LogP) is 2.52. The number of hydrogen-bond acceptors (Lipinski definition) is 7. The Balaban J connectivity index is 2.09. The number of hydrogen-bond donors (Lipinski definition) is 7. The van der Waals surface area contributed by atoms with Crippen LogP contribution in [0.1, 0.15) is 15.9 Å². The molecule has 0 aliphatic heterocycles. The van der Waals surface area contributed by atoms with Crippen molar-refractivity contribution in [2.45, 2.75) is 6.54 Å². The van der Waals surface area contributed by atoms with Gasteiger partial charge in [0, 0.05) is 17.7 Å². The molecule has 0 radical (unpaired) electrons. The molecule has 8 heteroatoms. The summed E-state index contributed by atoms with van der Waals surface area (Å²) in [7, 11) is 0. The summed E-state index contributed by atoms with van der Waals surface area (Å²) in [4.78, 5) is 12.7. The fraction of sp³-hybridized carbons (Fsp3) is 0.0500. The van der Waals surface area contributed by atoms with E-state index in [4.69, 9.17) is 0 Å². The minimum absolute atomic E-state index is 0.147. The second-order valence-electron chi connectivity index (χ2n) is 6.01. The molecule has 3 rings (SSSR count). The maximum absolute atomic E-state index is 12.7. The monoisotopic (exact) mass is 383 g/mol. The highest BCUT2D eigenvalue weighted by molar-refractivity contribution is 6.04. The number of aromatic hydroxyl groups is 6. The number of carbonyl (C=O) groups excluding carboxylic acids is 1. The van der Waals surface area contributed by atoms with Crippen molar-refractivity contribution in [1.82, 2.24) is 5.32 Å². The van der Waals surface area contributed by atoms with Gasteiger partial charge in [0.05, 0.1) is 5.56 Å². The Morgan fingerprint density at radius 1 is 0.750 bits per heavy atom. The first-order valence-electron chi connectivity index (χ1n) is 8.15. The lowest BCUT2D eigenvalue weighted by atomic mass is 9.95. The highest BCUT2D eigenvalue weighted by Gasteiger charge is 2.26. The van der Waals surface area contributed by atoms with Crippen molar-refractivity contribution in [3.8, 4) is 45.6 Å². The number of carbonyl (C=O) groups is 1. The molecule has 28 heavy (non-hydrogen) atoms. The Labute approximate surface area is 159 Å². The summed E-state index contributed by atoms with van der Waals surface area (Å²) in [5.41, 5.74) is -0.0134. The minimum Gasteiger partial charge on any atom is -0.504 e. The average molecular weight is 383 g/mol. The van der Waals surface area contributed by atoms with E-state index < -0.39 is 40.4 Å². The summed E-state index contributed by atoms with van der Waals surface area (Å²) < 4.78 is 0. The van der Waals surface area contributed by atoms with E-state index in [1.54, 1.807) is 24.3 Å². The van der Waals surface area contributed by atoms with E-state index in [0.29, 0.717) is 0 Å². The number of phenolic OH excluding ortho intramolecular Hbond substituents is 6. The summed E-state index contributed by atoms with van der Waals surface area (Å²) in [5.74, 6) is -5.51. The maximum Gasteiger partial charge on any atom is 0.252 e. The van der Waals surface area contributed by atoms with Gasteiger partial charge in [-0.1, -0.05) is 30.3 Å². The van der Waals surface area contributed by atoms with E-state index in [0.717, 1.165) is 23.8 Å². The Hall–Kier alpha value is -4.07. The van der Waals surface area contributed by atoms with Crippen LogP contribution in [-0.4, -0.2) is 36.5 Å². The summed E-state index contributed by atoms with van der Waals surface area (Å²) in [5, 5.41) is 61.9. The highest BCUT2D eigenvalue weighted by atomic mass is 16.3. The molecule has 0 saturated heterocycles. The van der Waals surface area contributed by atoms with Crippen LogP contribution in [0.3, 0.4) is 0 Å². The first-order chi connectivity index (χ1) is 13.3. The van der Waals surface area contributed by atoms with Crippen LogP contribution in [0.2, 0.25) is 0 Å². The van der Waals surface area contributed by atoms with Crippen LogP contribution >= 0.6 is 0 Å². The second-order valence-corrected chi connectivity index (χ2v) is 6.01. The van der Waals surface area contributed by atoms with Crippen LogP contribution in [0.15, 0.2) is 48.5 Å². The molecule has 0 bridgehead atoms. The van der Waals surface area contributed by atoms with Gasteiger partial charge in [0.1, 0.15) is 0 Å². The molecule has 0 spiro atoms. The third kappa shape index (κ3) is 3.30. The molecule has 0 heterocycles. The normalized spacial score (nSPS) is 10.6. The molecule has 3 aromatic carbocycles. The van der Waals surface area contributed by atoms with E-state index in [-0.39, 0.29) is 23.2 Å². The van der Waals surface area contributed by atoms with Gasteiger partial charge in [-0.2, -0.15) is 0 Å². The predicted molar refractivity (Wildman–Crippen MR) is 99.5 cm³/mol. The van der Waals surface area contributed by atoms with Crippen molar-refractivity contribution in [3.63, 3.8) is 0 Å². The van der Waals surface area contributed by atoms with Gasteiger partial charge in [0.15, 0.2) is 23.0 Å². The lowest BCUT2D eigenvalue weighted by Crippen LogP contribution is -2.23. The summed E-state index contributed by atoms with van der Waals surface area (Å²) in [6, 6.07) is 12.1. The SMILES string of the molecule is O=C(NCc1ccccc1)c1cc(O)c(O)c(O)c1-c1ccc(O)c(O)c1O. The second kappa shape index (κ2) is 7.28. The smallest absolute Gasteiger partial charge is 0.252 e. The van der Waals surface area contributed by atoms with Crippen LogP contribution < -0.4 is 5.32 Å². The van der Waals surface area contributed by atoms with E-state index in [9.17, 15) is 35.4 Å². The standard InChI is InChI=1S/C20H17NO7/c22-13-7-6-11(16(24)17(13)25)15-12(8-14(23)18(26)19(15)27)20(28)21-9-10-4-2-1-3-5-10/h1-8,22-27H,9H2,(H,21,28). The van der Waals surface area contributed by atoms with Crippen LogP contribution in [0.25, 0.3) is 11.1 Å². The van der Waals surface area contributed by atoms with Crippen molar-refractivity contribution in [1.29, 1.82) is 0 Å². The zero-order valence-electron chi connectivity index (χ0n) is 14.4. The largest absolute Gasteiger partial charge is 0.504 e. The zero-order valence-corrected chi connectivity index (χ0v) is 14.4. The topological polar surface area (TPSA) is 150 Å². The molecule has 0 atom stereocenters. The van der Waals surface area contributed by atoms with Crippen molar-refractivity contribution >= 4 is 5.91 Å². The third-order valence-electron chi connectivity index (χ3n) is 4.19. The molecule has 0 aliphatic carbocycles. The van der Waals surface area contributed by atoms with Crippen molar-refractivity contribution in [2.75, 3.05) is 0 Å². The quantitative estimate of drug-likeness (QED) is 0.342. The highest BCUT2D eigenvalue weighted by Crippen LogP contribution is 2.50. The number of benzene rings is 3. The van der Waals surface area contributed by atoms with Crippen molar-refractivity contribution in [3.05, 3.63) is 59.7 Å². The van der Waals surface area contributed by atoms with Gasteiger partial charge < -0.3 is 36.0 Å². The van der Waals surface area contributed by atoms with Gasteiger partial charge in [-0.25, -0.2) is 0 Å². The fourth-order valence-corrected chi connectivity index (χ4v) is 2.74. The van der Waals surface area contributed by atoms with Gasteiger partial charge in [-0.05, 0) is 23.8 Å². The van der Waals surface area contributed by atoms with Crippen molar-refractivity contribution in [2.24, 2.45) is 0 Å². The summed E-state index contributed by atoms with van der Waals surface area (Å²) >= 11 is 0. The van der Waals surface area contributed by atoms with Crippen molar-refractivity contribution < 1.29 is 35.4 Å². The number of rotatable bonds is 4. The Morgan fingerprint density at radius 2 is 1.39 bits per heavy atom. The van der Waals surface area contributed by atoms with Gasteiger partial charge in [-0.3, -0.25) is 4.79 Å². The minimum atomic E-state index is -0.901. The molecule has 0 aliphatic rings. The molecule has 8 nitrogen and oxygen atoms in total. The van der Waals surface area contributed by atoms with E-state index in [1.807, 2.05) is 6.07 Å². The molecule has 144 valence electrons. The van der Waals surface area contributed by atoms with Crippen LogP contribution in [-0.2, 0) is 6.54 Å². The lowest BCUT2D eigenvalue weighted by molar-refractivity contribution is 0.0950. The molecule has 1 amide bonds. The first kappa shape index (κ1) is 18.7. The number of amides is 1. The van der Waals surface area contributed by atoms with Gasteiger partial charge >= 0.3 is 0 Å². The van der Waals surface area contributed by atoms with Gasteiger partial charge in [-0.15, -0.1) is 0 Å². The molecular weight excluding hydrogens is 366 g/mol. The first-order valence-corrected chi connectivity index (χ1v) is 8.15. The molecule has 0 saturated carbocycles. The van der Waals surface area contributed by atoms with E-state index in [2.05, 4.69) is 5.32 Å². The molecule has 7 N–H and O–H groups in total. The molecule has 0 aromatic heterocycles. The maximum atomic E-state index is 12.7. The van der Waals surface area contributed by atoms with Crippen LogP contribution in [0, 0.1) is 0 Å². The third-order valence-corrected chi connectivity index (χ3v) is 4.19. The van der Waals surface area contributed by atoms with Gasteiger partial charge in [0.2, 0.25) is 11.5 Å². The average Bonchev–Trinajstić information content (AvgIpc) is 2.70. The summed E-state index contributed by atoms with van der Waals surface area (Å²) in [6.07, 6.45) is 0. The molecule has 0 fully saturated rings. The molecular formula is C20H17NO7. The lowest BCUT2D eigenvalue weighted by Gasteiger charge is -2.16. The molecule has 3 aromatic rings. The van der Waals surface area contributed by atoms with Crippen LogP contribution in [0.4, 0.5) is 0 Å². The van der Waals surface area contributed by atoms with E-state index >= 15 is 0 Å². The van der Waals surface area contributed by atoms with Gasteiger partial charge in [0.25, 0.3) is 5.91 Å². The number of nitrogens with one attached hydrogen (secondary N) is 1. The zero-order chi connectivity index (χ0) is 20.4. The molecule has 0 unspecified atom stereocenters. The van der Waals surface area contributed by atoms with Crippen LogP contribution in [0.5, 0.6) is 34.5 Å².